The molecule has 0 atom stereocenters. The van der Waals surface area contributed by atoms with Crippen LogP contribution in [0, 0.1) is 0 Å². The molecule has 0 spiro atoms. The van der Waals surface area contributed by atoms with E-state index in [9.17, 15) is 19.2 Å². The summed E-state index contributed by atoms with van der Waals surface area (Å²) in [6.45, 7) is 6.79. The molecule has 3 aromatic rings. The fourth-order valence-corrected chi connectivity index (χ4v) is 3.70. The molecule has 3 aromatic carbocycles. The molecule has 0 aromatic heterocycles. The van der Waals surface area contributed by atoms with Crippen molar-refractivity contribution in [2.24, 2.45) is 0 Å². The number of amides is 1. The van der Waals surface area contributed by atoms with Crippen molar-refractivity contribution < 1.29 is 23.9 Å². The van der Waals surface area contributed by atoms with Crippen LogP contribution in [0.1, 0.15) is 31.8 Å². The van der Waals surface area contributed by atoms with Crippen LogP contribution in [0.2, 0.25) is 0 Å². The van der Waals surface area contributed by atoms with Crippen LogP contribution in [-0.4, -0.2) is 23.4 Å². The van der Waals surface area contributed by atoms with E-state index < -0.39 is 23.4 Å². The zero-order valence-corrected chi connectivity index (χ0v) is 17.4. The topological polar surface area (TPSA) is 116 Å². The van der Waals surface area contributed by atoms with Gasteiger partial charge in [0, 0.05) is 22.8 Å². The summed E-state index contributed by atoms with van der Waals surface area (Å²) in [7, 11) is 0. The van der Waals surface area contributed by atoms with Gasteiger partial charge in [0.15, 0.2) is 11.6 Å². The lowest BCUT2D eigenvalue weighted by Gasteiger charge is -2.24. The van der Waals surface area contributed by atoms with E-state index in [-0.39, 0.29) is 33.6 Å². The SMILES string of the molecule is C=CC(=O)Nc1cc(-c2ccc(OC(=O)C=C)cc2)c(N)c2c1C(=O)c1ccccc1C2=O. The number of anilines is 2. The summed E-state index contributed by atoms with van der Waals surface area (Å²) >= 11 is 0. The molecule has 0 fully saturated rings. The second-order valence-electron chi connectivity index (χ2n) is 7.18. The van der Waals surface area contributed by atoms with E-state index in [1.54, 1.807) is 54.6 Å². The largest absolute Gasteiger partial charge is 0.423 e. The van der Waals surface area contributed by atoms with Crippen molar-refractivity contribution in [3.05, 3.63) is 102 Å². The number of ether oxygens (including phenoxy) is 1. The van der Waals surface area contributed by atoms with E-state index in [1.807, 2.05) is 0 Å². The minimum absolute atomic E-state index is 0.0257. The maximum atomic E-state index is 13.3. The Kier molecular flexibility index (Phi) is 5.46. The zero-order valence-electron chi connectivity index (χ0n) is 17.4. The first-order valence-corrected chi connectivity index (χ1v) is 9.88. The summed E-state index contributed by atoms with van der Waals surface area (Å²) in [5.41, 5.74) is 8.22. The summed E-state index contributed by atoms with van der Waals surface area (Å²) < 4.78 is 5.08. The number of carbonyl (C=O) groups excluding carboxylic acids is 4. The molecule has 0 unspecified atom stereocenters. The standard InChI is InChI=1S/C26H18N2O5/c1-3-20(29)28-19-13-18(14-9-11-15(12-10-14)33-21(30)4-2)24(27)23-22(19)25(31)16-7-5-6-8-17(16)26(23)32/h3-13H,1-2,27H2,(H,28,29). The Morgan fingerprint density at radius 1 is 0.848 bits per heavy atom. The highest BCUT2D eigenvalue weighted by Crippen LogP contribution is 2.41. The third kappa shape index (κ3) is 3.72. The van der Waals surface area contributed by atoms with Crippen LogP contribution in [-0.2, 0) is 9.59 Å². The molecule has 7 heteroatoms. The van der Waals surface area contributed by atoms with Gasteiger partial charge in [0.05, 0.1) is 22.5 Å². The van der Waals surface area contributed by atoms with E-state index in [2.05, 4.69) is 18.5 Å². The number of hydrogen-bond acceptors (Lipinski definition) is 6. The fourth-order valence-electron chi connectivity index (χ4n) is 3.70. The number of nitrogens with one attached hydrogen (secondary N) is 1. The molecule has 1 aliphatic carbocycles. The molecule has 0 saturated carbocycles. The van der Waals surface area contributed by atoms with E-state index in [4.69, 9.17) is 10.5 Å². The number of hydrogen-bond donors (Lipinski definition) is 2. The fraction of sp³-hybridized carbons (Fsp3) is 0. The first-order valence-electron chi connectivity index (χ1n) is 9.88. The number of carbonyl (C=O) groups is 4. The van der Waals surface area contributed by atoms with Crippen LogP contribution in [0.3, 0.4) is 0 Å². The van der Waals surface area contributed by atoms with Crippen molar-refractivity contribution in [1.82, 2.24) is 0 Å². The molecule has 162 valence electrons. The van der Waals surface area contributed by atoms with Crippen molar-refractivity contribution in [3.8, 4) is 16.9 Å². The summed E-state index contributed by atoms with van der Waals surface area (Å²) in [5.74, 6) is -1.68. The molecule has 3 N–H and O–H groups in total. The number of nitrogen functional groups attached to an aromatic ring is 1. The molecule has 1 aliphatic rings. The Morgan fingerprint density at radius 2 is 1.45 bits per heavy atom. The van der Waals surface area contributed by atoms with Crippen molar-refractivity contribution in [1.29, 1.82) is 0 Å². The Morgan fingerprint density at radius 3 is 2.03 bits per heavy atom. The predicted molar refractivity (Wildman–Crippen MR) is 124 cm³/mol. The molecule has 1 amide bonds. The summed E-state index contributed by atoms with van der Waals surface area (Å²) in [6, 6.07) is 14.4. The number of ketones is 2. The first kappa shape index (κ1) is 21.5. The van der Waals surface area contributed by atoms with Gasteiger partial charge in [-0.15, -0.1) is 0 Å². The first-order chi connectivity index (χ1) is 15.8. The van der Waals surface area contributed by atoms with Gasteiger partial charge in [0.2, 0.25) is 5.91 Å². The van der Waals surface area contributed by atoms with Gasteiger partial charge in [0.1, 0.15) is 5.75 Å². The molecule has 4 rings (SSSR count). The monoisotopic (exact) mass is 438 g/mol. The quantitative estimate of drug-likeness (QED) is 0.211. The molecular formula is C26H18N2O5. The van der Waals surface area contributed by atoms with E-state index >= 15 is 0 Å². The highest BCUT2D eigenvalue weighted by molar-refractivity contribution is 6.33. The average molecular weight is 438 g/mol. The zero-order chi connectivity index (χ0) is 23.7. The second kappa shape index (κ2) is 8.39. The van der Waals surface area contributed by atoms with Crippen molar-refractivity contribution in [2.75, 3.05) is 11.1 Å². The Balaban J connectivity index is 1.91. The summed E-state index contributed by atoms with van der Waals surface area (Å²) in [6.07, 6.45) is 2.11. The van der Waals surface area contributed by atoms with Crippen molar-refractivity contribution in [3.63, 3.8) is 0 Å². The van der Waals surface area contributed by atoms with Gasteiger partial charge in [-0.25, -0.2) is 4.79 Å². The van der Waals surface area contributed by atoms with Crippen LogP contribution < -0.4 is 15.8 Å². The minimum Gasteiger partial charge on any atom is -0.423 e. The van der Waals surface area contributed by atoms with E-state index in [0.717, 1.165) is 12.2 Å². The van der Waals surface area contributed by atoms with Gasteiger partial charge >= 0.3 is 5.97 Å². The van der Waals surface area contributed by atoms with Crippen molar-refractivity contribution in [2.45, 2.75) is 0 Å². The Labute approximate surface area is 189 Å². The number of rotatable bonds is 5. The molecule has 0 aliphatic heterocycles. The third-order valence-electron chi connectivity index (χ3n) is 5.23. The number of esters is 1. The highest BCUT2D eigenvalue weighted by Gasteiger charge is 2.35. The molecule has 7 nitrogen and oxygen atoms in total. The molecule has 0 bridgehead atoms. The highest BCUT2D eigenvalue weighted by atomic mass is 16.5. The van der Waals surface area contributed by atoms with Crippen LogP contribution >= 0.6 is 0 Å². The minimum atomic E-state index is -0.603. The second-order valence-corrected chi connectivity index (χ2v) is 7.18. The summed E-state index contributed by atoms with van der Waals surface area (Å²) in [4.78, 5) is 50.1. The molecule has 0 saturated heterocycles. The van der Waals surface area contributed by atoms with E-state index in [0.29, 0.717) is 16.9 Å². The Bertz CT molecular complexity index is 1370. The Hall–Kier alpha value is -4.78. The van der Waals surface area contributed by atoms with E-state index in [1.165, 1.54) is 0 Å². The van der Waals surface area contributed by atoms with Gasteiger partial charge < -0.3 is 15.8 Å². The van der Waals surface area contributed by atoms with Gasteiger partial charge in [-0.05, 0) is 29.8 Å². The lowest BCUT2D eigenvalue weighted by Crippen LogP contribution is -2.25. The molecule has 0 radical (unpaired) electrons. The van der Waals surface area contributed by atoms with Crippen LogP contribution in [0.25, 0.3) is 11.1 Å². The number of nitrogens with two attached hydrogens (primary N) is 1. The summed E-state index contributed by atoms with van der Waals surface area (Å²) in [5, 5.41) is 2.62. The molecule has 0 heterocycles. The van der Waals surface area contributed by atoms with Crippen LogP contribution in [0.4, 0.5) is 11.4 Å². The van der Waals surface area contributed by atoms with Crippen molar-refractivity contribution >= 4 is 34.8 Å². The maximum Gasteiger partial charge on any atom is 0.335 e. The number of benzene rings is 3. The predicted octanol–water partition coefficient (Wildman–Crippen LogP) is 3.93. The normalized spacial score (nSPS) is 11.8. The van der Waals surface area contributed by atoms with Gasteiger partial charge in [-0.2, -0.15) is 0 Å². The maximum absolute atomic E-state index is 13.3. The van der Waals surface area contributed by atoms with Gasteiger partial charge in [-0.3, -0.25) is 14.4 Å². The third-order valence-corrected chi connectivity index (χ3v) is 5.23. The lowest BCUT2D eigenvalue weighted by atomic mass is 9.80. The average Bonchev–Trinajstić information content (AvgIpc) is 2.83. The molecular weight excluding hydrogens is 420 g/mol. The van der Waals surface area contributed by atoms with Crippen LogP contribution in [0.15, 0.2) is 79.9 Å². The number of fused-ring (bicyclic) bond motifs is 2. The lowest BCUT2D eigenvalue weighted by molar-refractivity contribution is -0.129. The van der Waals surface area contributed by atoms with Gasteiger partial charge in [0.25, 0.3) is 0 Å². The van der Waals surface area contributed by atoms with Gasteiger partial charge in [-0.1, -0.05) is 49.6 Å². The smallest absolute Gasteiger partial charge is 0.335 e. The molecule has 33 heavy (non-hydrogen) atoms. The van der Waals surface area contributed by atoms with Crippen LogP contribution in [0.5, 0.6) is 5.75 Å².